The van der Waals surface area contributed by atoms with Crippen LogP contribution in [0, 0.1) is 6.92 Å². The molecule has 1 unspecified atom stereocenters. The molecule has 1 aromatic heterocycles. The van der Waals surface area contributed by atoms with Crippen LogP contribution in [0.5, 0.6) is 0 Å². The van der Waals surface area contributed by atoms with Crippen molar-refractivity contribution >= 4 is 34.5 Å². The molecule has 1 aromatic carbocycles. The fourth-order valence-electron chi connectivity index (χ4n) is 1.92. The van der Waals surface area contributed by atoms with Crippen LogP contribution in [0.4, 0.5) is 0 Å². The minimum Gasteiger partial charge on any atom is -0.309 e. The number of nitrogens with one attached hydrogen (secondary N) is 1. The summed E-state index contributed by atoms with van der Waals surface area (Å²) < 4.78 is 0. The van der Waals surface area contributed by atoms with E-state index in [4.69, 9.17) is 23.2 Å². The van der Waals surface area contributed by atoms with Gasteiger partial charge in [-0.15, -0.1) is 11.3 Å². The molecule has 1 nitrogen and oxygen atoms in total. The molecule has 17 heavy (non-hydrogen) atoms. The van der Waals surface area contributed by atoms with Crippen LogP contribution in [0.2, 0.25) is 10.0 Å². The number of halogens is 2. The second-order valence-corrected chi connectivity index (χ2v) is 5.70. The van der Waals surface area contributed by atoms with Crippen LogP contribution in [-0.4, -0.2) is 7.05 Å². The predicted molar refractivity (Wildman–Crippen MR) is 76.4 cm³/mol. The minimum atomic E-state index is 0.0902. The first kappa shape index (κ1) is 12.9. The first-order chi connectivity index (χ1) is 8.15. The van der Waals surface area contributed by atoms with Crippen LogP contribution in [-0.2, 0) is 0 Å². The number of aryl methyl sites for hydroxylation is 1. The quantitative estimate of drug-likeness (QED) is 0.864. The first-order valence-electron chi connectivity index (χ1n) is 5.30. The summed E-state index contributed by atoms with van der Waals surface area (Å²) in [5, 5.41) is 6.60. The zero-order chi connectivity index (χ0) is 12.4. The molecule has 0 spiro atoms. The van der Waals surface area contributed by atoms with Gasteiger partial charge >= 0.3 is 0 Å². The highest BCUT2D eigenvalue weighted by molar-refractivity contribution is 7.10. The van der Waals surface area contributed by atoms with Gasteiger partial charge in [0.25, 0.3) is 0 Å². The van der Waals surface area contributed by atoms with Gasteiger partial charge < -0.3 is 5.32 Å². The van der Waals surface area contributed by atoms with E-state index in [-0.39, 0.29) is 6.04 Å². The highest BCUT2D eigenvalue weighted by atomic mass is 35.5. The van der Waals surface area contributed by atoms with Crippen LogP contribution >= 0.6 is 34.5 Å². The van der Waals surface area contributed by atoms with E-state index in [1.54, 1.807) is 17.4 Å². The van der Waals surface area contributed by atoms with Crippen molar-refractivity contribution < 1.29 is 0 Å². The lowest BCUT2D eigenvalue weighted by Crippen LogP contribution is -2.18. The Hall–Kier alpha value is -0.540. The molecule has 0 saturated heterocycles. The molecule has 0 fully saturated rings. The standard InChI is InChI=1S/C13H13Cl2NS/c1-8-9(6-7-17-8)13(16-2)10-4-3-5-11(14)12(10)15/h3-7,13,16H,1-2H3. The Labute approximate surface area is 115 Å². The zero-order valence-electron chi connectivity index (χ0n) is 9.63. The summed E-state index contributed by atoms with van der Waals surface area (Å²) in [6.07, 6.45) is 0. The number of benzene rings is 1. The fraction of sp³-hybridized carbons (Fsp3) is 0.231. The van der Waals surface area contributed by atoms with E-state index in [1.807, 2.05) is 19.2 Å². The molecule has 1 atom stereocenters. The predicted octanol–water partition coefficient (Wildman–Crippen LogP) is 4.67. The maximum absolute atomic E-state index is 6.27. The van der Waals surface area contributed by atoms with Gasteiger partial charge in [0.05, 0.1) is 16.1 Å². The topological polar surface area (TPSA) is 12.0 Å². The fourth-order valence-corrected chi connectivity index (χ4v) is 3.07. The van der Waals surface area contributed by atoms with Crippen molar-refractivity contribution in [3.8, 4) is 0 Å². The van der Waals surface area contributed by atoms with E-state index < -0.39 is 0 Å². The van der Waals surface area contributed by atoms with Gasteiger partial charge in [0.2, 0.25) is 0 Å². The van der Waals surface area contributed by atoms with Gasteiger partial charge in [0.1, 0.15) is 0 Å². The second kappa shape index (κ2) is 5.40. The molecule has 0 radical (unpaired) electrons. The maximum atomic E-state index is 6.27. The van der Waals surface area contributed by atoms with Crippen molar-refractivity contribution in [2.75, 3.05) is 7.05 Å². The molecule has 90 valence electrons. The number of hydrogen-bond acceptors (Lipinski definition) is 2. The van der Waals surface area contributed by atoms with Gasteiger partial charge in [0, 0.05) is 4.88 Å². The molecule has 0 aliphatic carbocycles. The third kappa shape index (κ3) is 2.50. The molecule has 0 bridgehead atoms. The van der Waals surface area contributed by atoms with Crippen LogP contribution in [0.3, 0.4) is 0 Å². The third-order valence-corrected chi connectivity index (χ3v) is 4.49. The monoisotopic (exact) mass is 285 g/mol. The normalized spacial score (nSPS) is 12.7. The van der Waals surface area contributed by atoms with E-state index in [0.29, 0.717) is 10.0 Å². The van der Waals surface area contributed by atoms with Crippen molar-refractivity contribution in [1.82, 2.24) is 5.32 Å². The molecule has 0 aliphatic heterocycles. The average molecular weight is 286 g/mol. The molecule has 1 N–H and O–H groups in total. The van der Waals surface area contributed by atoms with E-state index in [0.717, 1.165) is 5.56 Å². The molecule has 0 saturated carbocycles. The molecular formula is C13H13Cl2NS. The smallest absolute Gasteiger partial charge is 0.0643 e. The summed E-state index contributed by atoms with van der Waals surface area (Å²) in [5.41, 5.74) is 2.27. The minimum absolute atomic E-state index is 0.0902. The van der Waals surface area contributed by atoms with Crippen molar-refractivity contribution in [3.05, 3.63) is 55.7 Å². The molecule has 2 rings (SSSR count). The average Bonchev–Trinajstić information content (AvgIpc) is 2.72. The third-order valence-electron chi connectivity index (χ3n) is 2.79. The van der Waals surface area contributed by atoms with E-state index >= 15 is 0 Å². The molecule has 1 heterocycles. The van der Waals surface area contributed by atoms with Crippen LogP contribution < -0.4 is 5.32 Å². The SMILES string of the molecule is CNC(c1ccsc1C)c1cccc(Cl)c1Cl. The Kier molecular flexibility index (Phi) is 4.10. The molecule has 0 aliphatic rings. The summed E-state index contributed by atoms with van der Waals surface area (Å²) >= 11 is 14.1. The summed E-state index contributed by atoms with van der Waals surface area (Å²) in [4.78, 5) is 1.29. The Balaban J connectivity index is 2.50. The second-order valence-electron chi connectivity index (χ2n) is 3.80. The Bertz CT molecular complexity index is 522. The van der Waals surface area contributed by atoms with Gasteiger partial charge in [0.15, 0.2) is 0 Å². The van der Waals surface area contributed by atoms with Gasteiger partial charge in [-0.2, -0.15) is 0 Å². The van der Waals surface area contributed by atoms with Crippen molar-refractivity contribution in [1.29, 1.82) is 0 Å². The number of hydrogen-bond donors (Lipinski definition) is 1. The van der Waals surface area contributed by atoms with Gasteiger partial charge in [-0.3, -0.25) is 0 Å². The number of thiophene rings is 1. The molecule has 0 amide bonds. The van der Waals surface area contributed by atoms with Gasteiger partial charge in [-0.05, 0) is 42.6 Å². The maximum Gasteiger partial charge on any atom is 0.0643 e. The van der Waals surface area contributed by atoms with E-state index in [2.05, 4.69) is 23.7 Å². The summed E-state index contributed by atoms with van der Waals surface area (Å²) in [7, 11) is 1.93. The lowest BCUT2D eigenvalue weighted by atomic mass is 9.99. The van der Waals surface area contributed by atoms with Crippen LogP contribution in [0.15, 0.2) is 29.6 Å². The van der Waals surface area contributed by atoms with Gasteiger partial charge in [-0.25, -0.2) is 0 Å². The lowest BCUT2D eigenvalue weighted by molar-refractivity contribution is 0.691. The highest BCUT2D eigenvalue weighted by Gasteiger charge is 2.18. The zero-order valence-corrected chi connectivity index (χ0v) is 12.0. The lowest BCUT2D eigenvalue weighted by Gasteiger charge is -2.18. The van der Waals surface area contributed by atoms with Crippen molar-refractivity contribution in [2.45, 2.75) is 13.0 Å². The van der Waals surface area contributed by atoms with Crippen molar-refractivity contribution in [3.63, 3.8) is 0 Å². The largest absolute Gasteiger partial charge is 0.309 e. The van der Waals surface area contributed by atoms with Crippen LogP contribution in [0.25, 0.3) is 0 Å². The Morgan fingerprint density at radius 2 is 1.94 bits per heavy atom. The van der Waals surface area contributed by atoms with Crippen molar-refractivity contribution in [2.24, 2.45) is 0 Å². The molecule has 4 heteroatoms. The van der Waals surface area contributed by atoms with E-state index in [1.165, 1.54) is 10.4 Å². The molecular weight excluding hydrogens is 273 g/mol. The summed E-state index contributed by atoms with van der Waals surface area (Å²) in [5.74, 6) is 0. The Morgan fingerprint density at radius 3 is 2.53 bits per heavy atom. The Morgan fingerprint density at radius 1 is 1.18 bits per heavy atom. The highest BCUT2D eigenvalue weighted by Crippen LogP contribution is 2.35. The van der Waals surface area contributed by atoms with Crippen LogP contribution in [0.1, 0.15) is 22.0 Å². The van der Waals surface area contributed by atoms with E-state index in [9.17, 15) is 0 Å². The summed E-state index contributed by atoms with van der Waals surface area (Å²) in [6, 6.07) is 7.95. The summed E-state index contributed by atoms with van der Waals surface area (Å²) in [6.45, 7) is 2.11. The number of rotatable bonds is 3. The first-order valence-corrected chi connectivity index (χ1v) is 6.94. The van der Waals surface area contributed by atoms with Gasteiger partial charge in [-0.1, -0.05) is 35.3 Å². The molecule has 2 aromatic rings.